The molecule has 3 aromatic rings. The highest BCUT2D eigenvalue weighted by Gasteiger charge is 2.14. The molecule has 2 aromatic heterocycles. The van der Waals surface area contributed by atoms with Gasteiger partial charge in [0.15, 0.2) is 0 Å². The van der Waals surface area contributed by atoms with Crippen LogP contribution in [0.3, 0.4) is 0 Å². The topological polar surface area (TPSA) is 67.8 Å². The molecule has 0 aliphatic rings. The Morgan fingerprint density at radius 2 is 2.17 bits per heavy atom. The zero-order valence-electron chi connectivity index (χ0n) is 10.2. The van der Waals surface area contributed by atoms with Crippen molar-refractivity contribution in [1.82, 2.24) is 9.97 Å². The van der Waals surface area contributed by atoms with Crippen molar-refractivity contribution in [2.75, 3.05) is 6.54 Å². The van der Waals surface area contributed by atoms with Gasteiger partial charge in [0.1, 0.15) is 6.26 Å². The second kappa shape index (κ2) is 4.31. The maximum Gasteiger partial charge on any atom is 0.228 e. The van der Waals surface area contributed by atoms with Crippen LogP contribution in [0.1, 0.15) is 11.4 Å². The Hall–Kier alpha value is -2.07. The average Bonchev–Trinajstić information content (AvgIpc) is 2.92. The lowest BCUT2D eigenvalue weighted by molar-refractivity contribution is 0.572. The highest BCUT2D eigenvalue weighted by molar-refractivity contribution is 5.95. The zero-order valence-corrected chi connectivity index (χ0v) is 10.2. The summed E-state index contributed by atoms with van der Waals surface area (Å²) in [5, 5.41) is 1.14. The molecule has 0 amide bonds. The van der Waals surface area contributed by atoms with E-state index in [-0.39, 0.29) is 0 Å². The Bertz CT molecular complexity index is 681. The number of fused-ring (bicyclic) bond motifs is 1. The van der Waals surface area contributed by atoms with Gasteiger partial charge in [0.05, 0.1) is 11.3 Å². The van der Waals surface area contributed by atoms with Crippen molar-refractivity contribution in [3.05, 3.63) is 41.9 Å². The third-order valence-electron chi connectivity index (χ3n) is 3.06. The first kappa shape index (κ1) is 11.0. The number of para-hydroxylation sites is 1. The molecule has 3 N–H and O–H groups in total. The van der Waals surface area contributed by atoms with Crippen molar-refractivity contribution in [1.29, 1.82) is 0 Å². The lowest BCUT2D eigenvalue weighted by Gasteiger charge is -1.94. The molecule has 92 valence electrons. The molecule has 0 radical (unpaired) electrons. The van der Waals surface area contributed by atoms with E-state index in [1.807, 2.05) is 19.1 Å². The molecule has 0 fully saturated rings. The molecule has 3 rings (SSSR count). The van der Waals surface area contributed by atoms with Gasteiger partial charge in [-0.1, -0.05) is 18.2 Å². The molecule has 0 spiro atoms. The minimum absolute atomic E-state index is 0.582. The summed E-state index contributed by atoms with van der Waals surface area (Å²) in [5.41, 5.74) is 9.62. The van der Waals surface area contributed by atoms with E-state index < -0.39 is 0 Å². The lowest BCUT2D eigenvalue weighted by Crippen LogP contribution is -2.02. The highest BCUT2D eigenvalue weighted by atomic mass is 16.3. The van der Waals surface area contributed by atoms with Gasteiger partial charge in [0.2, 0.25) is 5.89 Å². The summed E-state index contributed by atoms with van der Waals surface area (Å²) in [6, 6.07) is 8.15. The Balaban J connectivity index is 2.15. The van der Waals surface area contributed by atoms with Crippen LogP contribution in [0.5, 0.6) is 0 Å². The third-order valence-corrected chi connectivity index (χ3v) is 3.06. The number of aromatic amines is 1. The standard InChI is InChI=1S/C14H15N3O/c1-9-13(11-4-2-3-5-12(11)16-9)14-17-10(6-7-15)8-18-14/h2-5,8,16H,6-7,15H2,1H3. The molecule has 18 heavy (non-hydrogen) atoms. The molecule has 0 atom stereocenters. The number of H-pyrrole nitrogens is 1. The summed E-state index contributed by atoms with van der Waals surface area (Å²) >= 11 is 0. The predicted octanol–water partition coefficient (Wildman–Crippen LogP) is 2.63. The van der Waals surface area contributed by atoms with Crippen molar-refractivity contribution in [3.8, 4) is 11.5 Å². The second-order valence-corrected chi connectivity index (χ2v) is 4.35. The summed E-state index contributed by atoms with van der Waals surface area (Å²) in [6.07, 6.45) is 2.42. The van der Waals surface area contributed by atoms with Crippen molar-refractivity contribution in [2.45, 2.75) is 13.3 Å². The number of rotatable bonds is 3. The number of aryl methyl sites for hydroxylation is 1. The van der Waals surface area contributed by atoms with Crippen LogP contribution in [0.4, 0.5) is 0 Å². The molecular weight excluding hydrogens is 226 g/mol. The summed E-state index contributed by atoms with van der Waals surface area (Å²) in [4.78, 5) is 7.83. The molecule has 4 heteroatoms. The van der Waals surface area contributed by atoms with E-state index >= 15 is 0 Å². The average molecular weight is 241 g/mol. The van der Waals surface area contributed by atoms with Gasteiger partial charge in [-0.05, 0) is 19.5 Å². The number of nitrogens with one attached hydrogen (secondary N) is 1. The van der Waals surface area contributed by atoms with Gasteiger partial charge in [0, 0.05) is 23.0 Å². The van der Waals surface area contributed by atoms with Crippen molar-refractivity contribution >= 4 is 10.9 Å². The first-order chi connectivity index (χ1) is 8.79. The molecule has 0 aliphatic heterocycles. The minimum atomic E-state index is 0.582. The summed E-state index contributed by atoms with van der Waals surface area (Å²) in [7, 11) is 0. The van der Waals surface area contributed by atoms with E-state index in [9.17, 15) is 0 Å². The van der Waals surface area contributed by atoms with Crippen LogP contribution in [0.25, 0.3) is 22.4 Å². The highest BCUT2D eigenvalue weighted by Crippen LogP contribution is 2.31. The molecule has 1 aromatic carbocycles. The van der Waals surface area contributed by atoms with Crippen molar-refractivity contribution in [3.63, 3.8) is 0 Å². The summed E-state index contributed by atoms with van der Waals surface area (Å²) in [5.74, 6) is 0.661. The molecule has 0 bridgehead atoms. The van der Waals surface area contributed by atoms with Gasteiger partial charge in [-0.2, -0.15) is 0 Å². The smallest absolute Gasteiger partial charge is 0.228 e. The number of hydrogen-bond acceptors (Lipinski definition) is 3. The SMILES string of the molecule is Cc1[nH]c2ccccc2c1-c1nc(CCN)co1. The maximum atomic E-state index is 5.56. The number of nitrogens with two attached hydrogens (primary N) is 1. The van der Waals surface area contributed by atoms with Gasteiger partial charge >= 0.3 is 0 Å². The van der Waals surface area contributed by atoms with E-state index in [1.54, 1.807) is 6.26 Å². The molecule has 0 saturated heterocycles. The second-order valence-electron chi connectivity index (χ2n) is 4.35. The fraction of sp³-hybridized carbons (Fsp3) is 0.214. The molecular formula is C14H15N3O. The van der Waals surface area contributed by atoms with Crippen molar-refractivity contribution < 1.29 is 4.42 Å². The Kier molecular flexibility index (Phi) is 2.64. The number of oxazole rings is 1. The van der Waals surface area contributed by atoms with Crippen LogP contribution in [-0.2, 0) is 6.42 Å². The van der Waals surface area contributed by atoms with Crippen LogP contribution in [0.2, 0.25) is 0 Å². The number of nitrogens with zero attached hydrogens (tertiary/aromatic N) is 1. The quantitative estimate of drug-likeness (QED) is 0.740. The molecule has 2 heterocycles. The van der Waals surface area contributed by atoms with E-state index in [4.69, 9.17) is 10.2 Å². The first-order valence-electron chi connectivity index (χ1n) is 6.01. The fourth-order valence-corrected chi connectivity index (χ4v) is 2.24. The molecule has 4 nitrogen and oxygen atoms in total. The fourth-order valence-electron chi connectivity index (χ4n) is 2.24. The molecule has 0 saturated carbocycles. The van der Waals surface area contributed by atoms with Gasteiger partial charge in [-0.3, -0.25) is 0 Å². The van der Waals surface area contributed by atoms with Crippen LogP contribution < -0.4 is 5.73 Å². The van der Waals surface area contributed by atoms with Gasteiger partial charge in [-0.25, -0.2) is 4.98 Å². The number of aromatic nitrogens is 2. The van der Waals surface area contributed by atoms with Crippen LogP contribution in [0.15, 0.2) is 34.9 Å². The number of hydrogen-bond donors (Lipinski definition) is 2. The zero-order chi connectivity index (χ0) is 12.5. The van der Waals surface area contributed by atoms with Crippen molar-refractivity contribution in [2.24, 2.45) is 5.73 Å². The summed E-state index contributed by atoms with van der Waals surface area (Å²) < 4.78 is 5.56. The Morgan fingerprint density at radius 3 is 3.00 bits per heavy atom. The number of benzene rings is 1. The van der Waals surface area contributed by atoms with Gasteiger partial charge < -0.3 is 15.1 Å². The largest absolute Gasteiger partial charge is 0.444 e. The van der Waals surface area contributed by atoms with Crippen LogP contribution in [0, 0.1) is 6.92 Å². The minimum Gasteiger partial charge on any atom is -0.444 e. The first-order valence-corrected chi connectivity index (χ1v) is 6.01. The molecule has 0 aliphatic carbocycles. The lowest BCUT2D eigenvalue weighted by atomic mass is 10.1. The van der Waals surface area contributed by atoms with Crippen LogP contribution in [-0.4, -0.2) is 16.5 Å². The Morgan fingerprint density at radius 1 is 1.33 bits per heavy atom. The van der Waals surface area contributed by atoms with E-state index in [0.29, 0.717) is 12.4 Å². The normalized spacial score (nSPS) is 11.2. The van der Waals surface area contributed by atoms with Gasteiger partial charge in [0.25, 0.3) is 0 Å². The van der Waals surface area contributed by atoms with E-state index in [1.165, 1.54) is 0 Å². The summed E-state index contributed by atoms with van der Waals surface area (Å²) in [6.45, 7) is 2.61. The van der Waals surface area contributed by atoms with E-state index in [2.05, 4.69) is 22.1 Å². The Labute approximate surface area is 105 Å². The predicted molar refractivity (Wildman–Crippen MR) is 71.3 cm³/mol. The maximum absolute atomic E-state index is 5.56. The van der Waals surface area contributed by atoms with E-state index in [0.717, 1.165) is 34.3 Å². The molecule has 0 unspecified atom stereocenters. The monoisotopic (exact) mass is 241 g/mol. The van der Waals surface area contributed by atoms with Crippen LogP contribution >= 0.6 is 0 Å². The third kappa shape index (κ3) is 1.71. The van der Waals surface area contributed by atoms with Gasteiger partial charge in [-0.15, -0.1) is 0 Å².